The zero-order valence-electron chi connectivity index (χ0n) is 10.8. The van der Waals surface area contributed by atoms with Gasteiger partial charge in [-0.1, -0.05) is 6.92 Å². The molecule has 0 aromatic carbocycles. The lowest BCUT2D eigenvalue weighted by molar-refractivity contribution is 0.803. The summed E-state index contributed by atoms with van der Waals surface area (Å²) in [6.45, 7) is 6.48. The predicted octanol–water partition coefficient (Wildman–Crippen LogP) is 2.80. The fourth-order valence-electron chi connectivity index (χ4n) is 1.50. The summed E-state index contributed by atoms with van der Waals surface area (Å²) in [5, 5.41) is 11.8. The van der Waals surface area contributed by atoms with E-state index >= 15 is 0 Å². The van der Waals surface area contributed by atoms with E-state index in [-0.39, 0.29) is 0 Å². The van der Waals surface area contributed by atoms with Crippen LogP contribution in [0.4, 0.5) is 11.8 Å². The number of anilines is 2. The van der Waals surface area contributed by atoms with Gasteiger partial charge < -0.3 is 10.2 Å². The highest BCUT2D eigenvalue weighted by Crippen LogP contribution is 2.24. The monoisotopic (exact) mass is 311 g/mol. The number of aromatic nitrogens is 2. The van der Waals surface area contributed by atoms with Crippen molar-refractivity contribution in [1.82, 2.24) is 9.97 Å². The van der Waals surface area contributed by atoms with Crippen LogP contribution < -0.4 is 10.2 Å². The second kappa shape index (κ2) is 7.88. The summed E-state index contributed by atoms with van der Waals surface area (Å²) in [5.41, 5.74) is 0. The summed E-state index contributed by atoms with van der Waals surface area (Å²) in [7, 11) is 0. The van der Waals surface area contributed by atoms with Gasteiger partial charge in [0.05, 0.1) is 17.0 Å². The molecule has 98 valence electrons. The van der Waals surface area contributed by atoms with E-state index in [1.807, 2.05) is 6.92 Å². The van der Waals surface area contributed by atoms with Gasteiger partial charge in [0.15, 0.2) is 0 Å². The first-order valence-electron chi connectivity index (χ1n) is 6.11. The van der Waals surface area contributed by atoms with Crippen molar-refractivity contribution >= 4 is 27.7 Å². The SMILES string of the molecule is CCCNc1ncc(Br)c(N(CC)CCC#N)n1. The minimum absolute atomic E-state index is 0.488. The first kappa shape index (κ1) is 14.7. The Kier molecular flexibility index (Phi) is 6.44. The standard InChI is InChI=1S/C12H18BrN5/c1-3-7-15-12-16-9-10(13)11(17-12)18(4-2)8-5-6-14/h9H,3-5,7-8H2,1-2H3,(H,15,16,17). The maximum Gasteiger partial charge on any atom is 0.224 e. The molecule has 0 radical (unpaired) electrons. The second-order valence-corrected chi connectivity index (χ2v) is 4.63. The lowest BCUT2D eigenvalue weighted by atomic mass is 10.4. The molecule has 1 aromatic heterocycles. The van der Waals surface area contributed by atoms with Gasteiger partial charge in [-0.15, -0.1) is 0 Å². The van der Waals surface area contributed by atoms with Gasteiger partial charge in [0.25, 0.3) is 0 Å². The minimum Gasteiger partial charge on any atom is -0.355 e. The lowest BCUT2D eigenvalue weighted by Gasteiger charge is -2.22. The van der Waals surface area contributed by atoms with Crippen LogP contribution in [-0.4, -0.2) is 29.6 Å². The molecule has 18 heavy (non-hydrogen) atoms. The third-order valence-corrected chi connectivity index (χ3v) is 2.99. The van der Waals surface area contributed by atoms with E-state index in [1.54, 1.807) is 6.20 Å². The van der Waals surface area contributed by atoms with E-state index in [1.165, 1.54) is 0 Å². The van der Waals surface area contributed by atoms with Crippen LogP contribution >= 0.6 is 15.9 Å². The van der Waals surface area contributed by atoms with Crippen LogP contribution in [0.1, 0.15) is 26.7 Å². The summed E-state index contributed by atoms with van der Waals surface area (Å²) >= 11 is 3.45. The molecule has 1 aromatic rings. The van der Waals surface area contributed by atoms with Crippen molar-refractivity contribution in [2.75, 3.05) is 29.9 Å². The largest absolute Gasteiger partial charge is 0.355 e. The van der Waals surface area contributed by atoms with Crippen LogP contribution in [0.5, 0.6) is 0 Å². The van der Waals surface area contributed by atoms with Crippen LogP contribution in [0.25, 0.3) is 0 Å². The van der Waals surface area contributed by atoms with Crippen molar-refractivity contribution in [3.63, 3.8) is 0 Å². The van der Waals surface area contributed by atoms with Crippen molar-refractivity contribution in [2.24, 2.45) is 0 Å². The molecular formula is C12H18BrN5. The number of nitrogens with one attached hydrogen (secondary N) is 1. The summed E-state index contributed by atoms with van der Waals surface area (Å²) < 4.78 is 0.851. The first-order valence-corrected chi connectivity index (χ1v) is 6.90. The molecule has 0 bridgehead atoms. The van der Waals surface area contributed by atoms with Gasteiger partial charge in [0.2, 0.25) is 5.95 Å². The predicted molar refractivity (Wildman–Crippen MR) is 76.6 cm³/mol. The smallest absolute Gasteiger partial charge is 0.224 e. The molecule has 0 saturated heterocycles. The van der Waals surface area contributed by atoms with Crippen LogP contribution in [-0.2, 0) is 0 Å². The Morgan fingerprint density at radius 3 is 2.89 bits per heavy atom. The van der Waals surface area contributed by atoms with Crippen molar-refractivity contribution in [3.8, 4) is 6.07 Å². The van der Waals surface area contributed by atoms with E-state index in [2.05, 4.69) is 49.1 Å². The van der Waals surface area contributed by atoms with Gasteiger partial charge in [-0.2, -0.15) is 10.2 Å². The number of halogens is 1. The van der Waals surface area contributed by atoms with Crippen LogP contribution in [0, 0.1) is 11.3 Å². The molecule has 1 rings (SSSR count). The number of nitrogens with zero attached hydrogens (tertiary/aromatic N) is 4. The van der Waals surface area contributed by atoms with E-state index in [4.69, 9.17) is 5.26 Å². The molecule has 0 aliphatic heterocycles. The molecule has 1 heterocycles. The van der Waals surface area contributed by atoms with Crippen LogP contribution in [0.2, 0.25) is 0 Å². The van der Waals surface area contributed by atoms with Crippen molar-refractivity contribution in [2.45, 2.75) is 26.7 Å². The van der Waals surface area contributed by atoms with Crippen LogP contribution in [0.3, 0.4) is 0 Å². The average molecular weight is 312 g/mol. The van der Waals surface area contributed by atoms with Gasteiger partial charge in [0.1, 0.15) is 5.82 Å². The van der Waals surface area contributed by atoms with E-state index < -0.39 is 0 Å². The average Bonchev–Trinajstić information content (AvgIpc) is 2.39. The van der Waals surface area contributed by atoms with Crippen molar-refractivity contribution < 1.29 is 0 Å². The normalized spacial score (nSPS) is 9.89. The third-order valence-electron chi connectivity index (χ3n) is 2.43. The maximum absolute atomic E-state index is 8.66. The highest BCUT2D eigenvalue weighted by atomic mass is 79.9. The second-order valence-electron chi connectivity index (χ2n) is 3.78. The lowest BCUT2D eigenvalue weighted by Crippen LogP contribution is -2.25. The quantitative estimate of drug-likeness (QED) is 0.838. The molecule has 0 aliphatic carbocycles. The minimum atomic E-state index is 0.488. The fourth-order valence-corrected chi connectivity index (χ4v) is 1.94. The Morgan fingerprint density at radius 2 is 2.28 bits per heavy atom. The Morgan fingerprint density at radius 1 is 1.50 bits per heavy atom. The van der Waals surface area contributed by atoms with E-state index in [0.717, 1.165) is 29.8 Å². The molecule has 5 nitrogen and oxygen atoms in total. The number of hydrogen-bond acceptors (Lipinski definition) is 5. The molecule has 0 unspecified atom stereocenters. The van der Waals surface area contributed by atoms with E-state index in [9.17, 15) is 0 Å². The Labute approximate surface area is 116 Å². The summed E-state index contributed by atoms with van der Waals surface area (Å²) in [6.07, 6.45) is 3.26. The maximum atomic E-state index is 8.66. The van der Waals surface area contributed by atoms with Gasteiger partial charge in [-0.05, 0) is 29.3 Å². The Bertz CT molecular complexity index is 415. The molecule has 6 heteroatoms. The molecule has 0 amide bonds. The van der Waals surface area contributed by atoms with Crippen LogP contribution in [0.15, 0.2) is 10.7 Å². The van der Waals surface area contributed by atoms with E-state index in [0.29, 0.717) is 18.9 Å². The molecule has 0 fully saturated rings. The molecule has 1 N–H and O–H groups in total. The van der Waals surface area contributed by atoms with Gasteiger partial charge in [-0.3, -0.25) is 0 Å². The number of rotatable bonds is 7. The zero-order valence-corrected chi connectivity index (χ0v) is 12.4. The topological polar surface area (TPSA) is 64.8 Å². The van der Waals surface area contributed by atoms with Crippen molar-refractivity contribution in [1.29, 1.82) is 5.26 Å². The molecular weight excluding hydrogens is 294 g/mol. The summed E-state index contributed by atoms with van der Waals surface area (Å²) in [4.78, 5) is 10.8. The van der Waals surface area contributed by atoms with Gasteiger partial charge >= 0.3 is 0 Å². The highest BCUT2D eigenvalue weighted by Gasteiger charge is 2.11. The number of nitriles is 1. The third kappa shape index (κ3) is 4.15. The summed E-state index contributed by atoms with van der Waals surface area (Å²) in [6, 6.07) is 2.15. The van der Waals surface area contributed by atoms with Gasteiger partial charge in [-0.25, -0.2) is 4.98 Å². The Hall–Kier alpha value is -1.35. The molecule has 0 spiro atoms. The van der Waals surface area contributed by atoms with Gasteiger partial charge in [0, 0.05) is 25.8 Å². The highest BCUT2D eigenvalue weighted by molar-refractivity contribution is 9.10. The summed E-state index contributed by atoms with van der Waals surface area (Å²) in [5.74, 6) is 1.46. The van der Waals surface area contributed by atoms with Crippen molar-refractivity contribution in [3.05, 3.63) is 10.7 Å². The molecule has 0 aliphatic rings. The first-order chi connectivity index (χ1) is 8.72. The molecule has 0 atom stereocenters. The zero-order chi connectivity index (χ0) is 13.4. The molecule has 0 saturated carbocycles. The fraction of sp³-hybridized carbons (Fsp3) is 0.583. The Balaban J connectivity index is 2.87. The number of hydrogen-bond donors (Lipinski definition) is 1.